The van der Waals surface area contributed by atoms with Crippen molar-refractivity contribution in [1.29, 1.82) is 0 Å². The molecule has 0 saturated carbocycles. The predicted molar refractivity (Wildman–Crippen MR) is 90.4 cm³/mol. The van der Waals surface area contributed by atoms with E-state index < -0.39 is 0 Å². The molecule has 3 aromatic rings. The number of carbonyl (C=O) groups is 1. The normalized spacial score (nSPS) is 15.2. The average molecular weight is 345 g/mol. The van der Waals surface area contributed by atoms with Crippen LogP contribution >= 0.6 is 11.3 Å². The molecule has 5 nitrogen and oxygen atoms in total. The lowest BCUT2D eigenvalue weighted by Crippen LogP contribution is -2.40. The van der Waals surface area contributed by atoms with E-state index in [2.05, 4.69) is 5.10 Å². The Kier molecular flexibility index (Phi) is 3.82. The van der Waals surface area contributed by atoms with Crippen LogP contribution in [0.2, 0.25) is 0 Å². The van der Waals surface area contributed by atoms with Crippen LogP contribution < -0.4 is 0 Å². The molecule has 1 aliphatic heterocycles. The van der Waals surface area contributed by atoms with Crippen LogP contribution in [0, 0.1) is 12.7 Å². The van der Waals surface area contributed by atoms with Crippen molar-refractivity contribution < 1.29 is 13.9 Å². The molecule has 1 aromatic carbocycles. The van der Waals surface area contributed by atoms with E-state index in [4.69, 9.17) is 4.74 Å². The summed E-state index contributed by atoms with van der Waals surface area (Å²) in [6.07, 6.45) is 0. The third-order valence-corrected chi connectivity index (χ3v) is 5.22. The molecule has 24 heavy (non-hydrogen) atoms. The summed E-state index contributed by atoms with van der Waals surface area (Å²) in [7, 11) is 0. The molecule has 3 heterocycles. The van der Waals surface area contributed by atoms with Crippen LogP contribution in [0.5, 0.6) is 0 Å². The van der Waals surface area contributed by atoms with E-state index in [0.29, 0.717) is 31.2 Å². The summed E-state index contributed by atoms with van der Waals surface area (Å²) in [5, 5.41) is 5.48. The van der Waals surface area contributed by atoms with Gasteiger partial charge in [0.2, 0.25) is 0 Å². The van der Waals surface area contributed by atoms with Crippen LogP contribution in [-0.4, -0.2) is 46.9 Å². The first kappa shape index (κ1) is 15.3. The minimum Gasteiger partial charge on any atom is -0.378 e. The van der Waals surface area contributed by atoms with Gasteiger partial charge in [-0.05, 0) is 37.3 Å². The van der Waals surface area contributed by atoms with Gasteiger partial charge in [0.25, 0.3) is 5.91 Å². The maximum Gasteiger partial charge on any atom is 0.264 e. The number of ether oxygens (including phenoxy) is 1. The highest BCUT2D eigenvalue weighted by Crippen LogP contribution is 2.31. The van der Waals surface area contributed by atoms with Crippen molar-refractivity contribution in [2.75, 3.05) is 26.3 Å². The lowest BCUT2D eigenvalue weighted by molar-refractivity contribution is 0.0306. The van der Waals surface area contributed by atoms with Crippen molar-refractivity contribution in [3.63, 3.8) is 0 Å². The maximum absolute atomic E-state index is 13.1. The van der Waals surface area contributed by atoms with E-state index in [-0.39, 0.29) is 11.7 Å². The molecule has 0 unspecified atom stereocenters. The number of fused-ring (bicyclic) bond motifs is 1. The van der Waals surface area contributed by atoms with Gasteiger partial charge < -0.3 is 9.64 Å². The zero-order valence-corrected chi connectivity index (χ0v) is 14.0. The minimum atomic E-state index is -0.284. The van der Waals surface area contributed by atoms with Crippen molar-refractivity contribution in [3.05, 3.63) is 46.7 Å². The number of nitrogens with zero attached hydrogens (tertiary/aromatic N) is 3. The van der Waals surface area contributed by atoms with Gasteiger partial charge in [0, 0.05) is 18.5 Å². The molecule has 0 aliphatic carbocycles. The highest BCUT2D eigenvalue weighted by Gasteiger charge is 2.22. The second-order valence-electron chi connectivity index (χ2n) is 5.71. The molecule has 4 rings (SSSR count). The van der Waals surface area contributed by atoms with Gasteiger partial charge in [-0.3, -0.25) is 4.79 Å². The molecular weight excluding hydrogens is 329 g/mol. The molecule has 7 heteroatoms. The number of carbonyl (C=O) groups excluding carboxylic acids is 1. The Morgan fingerprint density at radius 1 is 1.25 bits per heavy atom. The van der Waals surface area contributed by atoms with Crippen molar-refractivity contribution in [2.45, 2.75) is 6.92 Å². The van der Waals surface area contributed by atoms with Gasteiger partial charge in [-0.25, -0.2) is 9.07 Å². The van der Waals surface area contributed by atoms with Crippen LogP contribution in [0.25, 0.3) is 15.9 Å². The van der Waals surface area contributed by atoms with E-state index in [1.54, 1.807) is 16.8 Å². The summed E-state index contributed by atoms with van der Waals surface area (Å²) in [6, 6.07) is 8.09. The number of rotatable bonds is 2. The van der Waals surface area contributed by atoms with Crippen LogP contribution in [0.3, 0.4) is 0 Å². The summed E-state index contributed by atoms with van der Waals surface area (Å²) in [4.78, 5) is 16.1. The van der Waals surface area contributed by atoms with Crippen LogP contribution in [0.4, 0.5) is 4.39 Å². The van der Waals surface area contributed by atoms with Gasteiger partial charge in [0.05, 0.1) is 29.5 Å². The first-order chi connectivity index (χ1) is 11.6. The zero-order chi connectivity index (χ0) is 16.7. The Labute approximate surface area is 142 Å². The van der Waals surface area contributed by atoms with Gasteiger partial charge in [0.15, 0.2) is 0 Å². The first-order valence-corrected chi connectivity index (χ1v) is 8.57. The molecule has 1 amide bonds. The number of thiophene rings is 1. The lowest BCUT2D eigenvalue weighted by atomic mass is 10.3. The van der Waals surface area contributed by atoms with E-state index in [9.17, 15) is 9.18 Å². The second-order valence-corrected chi connectivity index (χ2v) is 6.74. The number of morpholine rings is 1. The van der Waals surface area contributed by atoms with Crippen LogP contribution in [-0.2, 0) is 4.74 Å². The lowest BCUT2D eigenvalue weighted by Gasteiger charge is -2.26. The van der Waals surface area contributed by atoms with Gasteiger partial charge >= 0.3 is 0 Å². The Hall–Kier alpha value is -2.25. The summed E-state index contributed by atoms with van der Waals surface area (Å²) in [6.45, 7) is 4.32. The van der Waals surface area contributed by atoms with Gasteiger partial charge in [-0.1, -0.05) is 0 Å². The second kappa shape index (κ2) is 5.99. The summed E-state index contributed by atoms with van der Waals surface area (Å²) >= 11 is 1.42. The number of aromatic nitrogens is 2. The Bertz CT molecular complexity index is 895. The third kappa shape index (κ3) is 2.59. The van der Waals surface area contributed by atoms with Crippen molar-refractivity contribution >= 4 is 27.5 Å². The molecule has 0 N–H and O–H groups in total. The molecule has 0 radical (unpaired) electrons. The molecule has 1 aliphatic rings. The Balaban J connectivity index is 1.74. The molecule has 1 saturated heterocycles. The maximum atomic E-state index is 13.1. The summed E-state index contributed by atoms with van der Waals surface area (Å²) in [5.74, 6) is -0.252. The van der Waals surface area contributed by atoms with Crippen LogP contribution in [0.1, 0.15) is 15.4 Å². The SMILES string of the molecule is Cc1nn(-c2ccc(F)cc2)c2sc(C(=O)N3CCOCC3)cc12. The standard InChI is InChI=1S/C17H16FN3O2S/c1-11-14-10-15(16(22)20-6-8-23-9-7-20)24-17(14)21(19-11)13-4-2-12(18)3-5-13/h2-5,10H,6-9H2,1H3. The third-order valence-electron chi connectivity index (χ3n) is 4.12. The van der Waals surface area contributed by atoms with E-state index >= 15 is 0 Å². The fraction of sp³-hybridized carbons (Fsp3) is 0.294. The first-order valence-electron chi connectivity index (χ1n) is 7.75. The number of halogens is 1. The molecular formula is C17H16FN3O2S. The average Bonchev–Trinajstić information content (AvgIpc) is 3.17. The highest BCUT2D eigenvalue weighted by atomic mass is 32.1. The molecule has 2 aromatic heterocycles. The minimum absolute atomic E-state index is 0.0320. The van der Waals surface area contributed by atoms with Crippen molar-refractivity contribution in [3.8, 4) is 5.69 Å². The fourth-order valence-corrected chi connectivity index (χ4v) is 3.98. The number of hydrogen-bond acceptors (Lipinski definition) is 4. The molecule has 124 valence electrons. The van der Waals surface area contributed by atoms with Gasteiger partial charge in [-0.15, -0.1) is 11.3 Å². The van der Waals surface area contributed by atoms with E-state index in [1.807, 2.05) is 17.9 Å². The monoisotopic (exact) mass is 345 g/mol. The number of benzene rings is 1. The molecule has 0 spiro atoms. The predicted octanol–water partition coefficient (Wildman–Crippen LogP) is 3.01. The van der Waals surface area contributed by atoms with E-state index in [1.165, 1.54) is 23.5 Å². The molecule has 0 bridgehead atoms. The molecule has 0 atom stereocenters. The number of aryl methyl sites for hydroxylation is 1. The fourth-order valence-electron chi connectivity index (χ4n) is 2.83. The summed E-state index contributed by atoms with van der Waals surface area (Å²) in [5.41, 5.74) is 1.63. The zero-order valence-electron chi connectivity index (χ0n) is 13.2. The van der Waals surface area contributed by atoms with Crippen LogP contribution in [0.15, 0.2) is 30.3 Å². The topological polar surface area (TPSA) is 47.4 Å². The summed E-state index contributed by atoms with van der Waals surface area (Å²) < 4.78 is 20.2. The largest absolute Gasteiger partial charge is 0.378 e. The van der Waals surface area contributed by atoms with Gasteiger partial charge in [0.1, 0.15) is 10.6 Å². The Morgan fingerprint density at radius 2 is 1.96 bits per heavy atom. The quantitative estimate of drug-likeness (QED) is 0.717. The van der Waals surface area contributed by atoms with Crippen molar-refractivity contribution in [2.24, 2.45) is 0 Å². The smallest absolute Gasteiger partial charge is 0.264 e. The Morgan fingerprint density at radius 3 is 2.67 bits per heavy atom. The number of amides is 1. The van der Waals surface area contributed by atoms with Gasteiger partial charge in [-0.2, -0.15) is 5.10 Å². The van der Waals surface area contributed by atoms with E-state index in [0.717, 1.165) is 21.6 Å². The highest BCUT2D eigenvalue weighted by molar-refractivity contribution is 7.20. The van der Waals surface area contributed by atoms with Crippen molar-refractivity contribution in [1.82, 2.24) is 14.7 Å². The molecule has 1 fully saturated rings. The number of hydrogen-bond donors (Lipinski definition) is 0.